The van der Waals surface area contributed by atoms with E-state index in [0.29, 0.717) is 35.8 Å². The van der Waals surface area contributed by atoms with Crippen molar-refractivity contribution < 1.29 is 14.3 Å². The van der Waals surface area contributed by atoms with Crippen LogP contribution in [0.2, 0.25) is 5.02 Å². The summed E-state index contributed by atoms with van der Waals surface area (Å²) in [6, 6.07) is 12.3. The fourth-order valence-corrected chi connectivity index (χ4v) is 4.63. The summed E-state index contributed by atoms with van der Waals surface area (Å²) in [5, 5.41) is 3.56. The van der Waals surface area contributed by atoms with Gasteiger partial charge in [-0.25, -0.2) is 0 Å². The molecule has 2 aromatic carbocycles. The van der Waals surface area contributed by atoms with Crippen LogP contribution < -0.4 is 14.8 Å². The van der Waals surface area contributed by atoms with Crippen LogP contribution >= 0.6 is 11.6 Å². The summed E-state index contributed by atoms with van der Waals surface area (Å²) >= 11 is 6.31. The van der Waals surface area contributed by atoms with Crippen molar-refractivity contribution in [3.05, 3.63) is 52.5 Å². The van der Waals surface area contributed by atoms with Crippen molar-refractivity contribution in [1.82, 2.24) is 4.90 Å². The van der Waals surface area contributed by atoms with Gasteiger partial charge >= 0.3 is 0 Å². The predicted octanol–water partition coefficient (Wildman–Crippen LogP) is 5.06. The third-order valence-electron chi connectivity index (χ3n) is 5.93. The number of nitrogens with one attached hydrogen (secondary N) is 1. The molecule has 6 heteroatoms. The van der Waals surface area contributed by atoms with Crippen molar-refractivity contribution in [3.63, 3.8) is 0 Å². The molecule has 1 saturated carbocycles. The Kier molecular flexibility index (Phi) is 6.80. The van der Waals surface area contributed by atoms with Crippen LogP contribution in [0.5, 0.6) is 11.5 Å². The van der Waals surface area contributed by atoms with Gasteiger partial charge in [-0.1, -0.05) is 49.1 Å². The maximum absolute atomic E-state index is 12.8. The minimum absolute atomic E-state index is 0.0736. The molecular weight excluding hydrogens is 400 g/mol. The number of ether oxygens (including phenoxy) is 2. The van der Waals surface area contributed by atoms with E-state index < -0.39 is 0 Å². The van der Waals surface area contributed by atoms with E-state index in [0.717, 1.165) is 23.4 Å². The van der Waals surface area contributed by atoms with Crippen molar-refractivity contribution in [2.45, 2.75) is 51.1 Å². The second-order valence-electron chi connectivity index (χ2n) is 8.19. The Labute approximate surface area is 183 Å². The zero-order valence-electron chi connectivity index (χ0n) is 17.5. The molecule has 160 valence electrons. The molecule has 1 fully saturated rings. The highest BCUT2D eigenvalue weighted by molar-refractivity contribution is 6.32. The van der Waals surface area contributed by atoms with Crippen LogP contribution in [0.3, 0.4) is 0 Å². The number of fused-ring (bicyclic) bond motifs is 1. The standard InChI is InChI=1S/C24H29ClN2O3/c1-27(19-8-3-2-4-9-19)16-18-7-5-6-10-21(18)26-23(28)15-17-13-20(25)24-22(14-17)29-11-12-30-24/h5-7,10,13-14,19H,2-4,8-9,11-12,15-16H2,1H3,(H,26,28). The number of benzene rings is 2. The minimum Gasteiger partial charge on any atom is -0.486 e. The first-order chi connectivity index (χ1) is 14.6. The number of para-hydroxylation sites is 1. The van der Waals surface area contributed by atoms with E-state index >= 15 is 0 Å². The Morgan fingerprint density at radius 1 is 1.13 bits per heavy atom. The number of anilines is 1. The average Bonchev–Trinajstić information content (AvgIpc) is 2.75. The normalized spacial score (nSPS) is 16.5. The monoisotopic (exact) mass is 428 g/mol. The summed E-state index contributed by atoms with van der Waals surface area (Å²) in [6.07, 6.45) is 6.72. The molecule has 1 N–H and O–H groups in total. The molecule has 0 bridgehead atoms. The minimum atomic E-state index is -0.0736. The third-order valence-corrected chi connectivity index (χ3v) is 6.21. The second kappa shape index (κ2) is 9.71. The van der Waals surface area contributed by atoms with Crippen LogP contribution in [0.4, 0.5) is 5.69 Å². The molecule has 0 atom stereocenters. The van der Waals surface area contributed by atoms with Gasteiger partial charge in [-0.15, -0.1) is 0 Å². The molecule has 0 radical (unpaired) electrons. The lowest BCUT2D eigenvalue weighted by atomic mass is 9.94. The molecule has 0 saturated heterocycles. The fourth-order valence-electron chi connectivity index (χ4n) is 4.35. The fraction of sp³-hybridized carbons (Fsp3) is 0.458. The number of carbonyl (C=O) groups excluding carboxylic acids is 1. The first kappa shape index (κ1) is 21.0. The smallest absolute Gasteiger partial charge is 0.228 e. The van der Waals surface area contributed by atoms with Crippen LogP contribution in [-0.4, -0.2) is 37.1 Å². The average molecular weight is 429 g/mol. The van der Waals surface area contributed by atoms with Gasteiger partial charge in [-0.05, 0) is 49.2 Å². The van der Waals surface area contributed by atoms with Crippen LogP contribution in [0, 0.1) is 0 Å². The van der Waals surface area contributed by atoms with Crippen LogP contribution in [0.15, 0.2) is 36.4 Å². The Bertz CT molecular complexity index is 896. The zero-order chi connectivity index (χ0) is 20.9. The van der Waals surface area contributed by atoms with Crippen molar-refractivity contribution in [3.8, 4) is 11.5 Å². The number of carbonyl (C=O) groups is 1. The van der Waals surface area contributed by atoms with E-state index in [9.17, 15) is 4.79 Å². The molecule has 4 rings (SSSR count). The number of hydrogen-bond acceptors (Lipinski definition) is 4. The highest BCUT2D eigenvalue weighted by Crippen LogP contribution is 2.38. The van der Waals surface area contributed by atoms with Gasteiger partial charge in [0.15, 0.2) is 11.5 Å². The van der Waals surface area contributed by atoms with Gasteiger partial charge in [0.25, 0.3) is 0 Å². The molecule has 2 aliphatic rings. The van der Waals surface area contributed by atoms with Crippen molar-refractivity contribution in [2.75, 3.05) is 25.6 Å². The van der Waals surface area contributed by atoms with E-state index in [4.69, 9.17) is 21.1 Å². The molecule has 5 nitrogen and oxygen atoms in total. The van der Waals surface area contributed by atoms with Gasteiger partial charge < -0.3 is 14.8 Å². The Balaban J connectivity index is 1.42. The summed E-state index contributed by atoms with van der Waals surface area (Å²) in [5.41, 5.74) is 2.81. The van der Waals surface area contributed by atoms with Crippen LogP contribution in [0.25, 0.3) is 0 Å². The molecule has 0 aromatic heterocycles. The number of nitrogens with zero attached hydrogens (tertiary/aromatic N) is 1. The lowest BCUT2D eigenvalue weighted by Gasteiger charge is -2.31. The van der Waals surface area contributed by atoms with E-state index in [1.165, 1.54) is 32.1 Å². The number of hydrogen-bond donors (Lipinski definition) is 1. The maximum Gasteiger partial charge on any atom is 0.228 e. The van der Waals surface area contributed by atoms with Gasteiger partial charge in [0.05, 0.1) is 11.4 Å². The molecule has 30 heavy (non-hydrogen) atoms. The summed E-state index contributed by atoms with van der Waals surface area (Å²) in [5.74, 6) is 1.09. The lowest BCUT2D eigenvalue weighted by molar-refractivity contribution is -0.115. The van der Waals surface area contributed by atoms with Gasteiger partial charge in [-0.3, -0.25) is 9.69 Å². The Hall–Kier alpha value is -2.24. The molecule has 1 aliphatic carbocycles. The summed E-state index contributed by atoms with van der Waals surface area (Å²) in [6.45, 7) is 1.80. The third kappa shape index (κ3) is 5.08. The topological polar surface area (TPSA) is 50.8 Å². The molecule has 0 unspecified atom stereocenters. The summed E-state index contributed by atoms with van der Waals surface area (Å²) in [7, 11) is 2.19. The van der Waals surface area contributed by atoms with E-state index in [2.05, 4.69) is 23.3 Å². The first-order valence-corrected chi connectivity index (χ1v) is 11.1. The molecule has 1 heterocycles. The van der Waals surface area contributed by atoms with Crippen LogP contribution in [-0.2, 0) is 17.8 Å². The molecule has 2 aromatic rings. The highest BCUT2D eigenvalue weighted by atomic mass is 35.5. The van der Waals surface area contributed by atoms with E-state index in [-0.39, 0.29) is 12.3 Å². The maximum atomic E-state index is 12.8. The van der Waals surface area contributed by atoms with Gasteiger partial charge in [-0.2, -0.15) is 0 Å². The Morgan fingerprint density at radius 3 is 2.73 bits per heavy atom. The van der Waals surface area contributed by atoms with Gasteiger partial charge in [0.2, 0.25) is 5.91 Å². The first-order valence-electron chi connectivity index (χ1n) is 10.8. The number of halogens is 1. The summed E-state index contributed by atoms with van der Waals surface area (Å²) in [4.78, 5) is 15.2. The quantitative estimate of drug-likeness (QED) is 0.698. The predicted molar refractivity (Wildman–Crippen MR) is 120 cm³/mol. The van der Waals surface area contributed by atoms with Gasteiger partial charge in [0, 0.05) is 18.3 Å². The van der Waals surface area contributed by atoms with Crippen molar-refractivity contribution >= 4 is 23.2 Å². The number of rotatable bonds is 6. The molecule has 1 aliphatic heterocycles. The zero-order valence-corrected chi connectivity index (χ0v) is 18.2. The highest BCUT2D eigenvalue weighted by Gasteiger charge is 2.20. The molecule has 0 spiro atoms. The Morgan fingerprint density at radius 2 is 1.90 bits per heavy atom. The second-order valence-corrected chi connectivity index (χ2v) is 8.60. The van der Waals surface area contributed by atoms with Crippen molar-refractivity contribution in [1.29, 1.82) is 0 Å². The van der Waals surface area contributed by atoms with E-state index in [1.807, 2.05) is 24.3 Å². The largest absolute Gasteiger partial charge is 0.486 e. The van der Waals surface area contributed by atoms with Crippen LogP contribution in [0.1, 0.15) is 43.2 Å². The van der Waals surface area contributed by atoms with E-state index in [1.54, 1.807) is 6.07 Å². The summed E-state index contributed by atoms with van der Waals surface area (Å²) < 4.78 is 11.2. The van der Waals surface area contributed by atoms with Crippen molar-refractivity contribution in [2.24, 2.45) is 0 Å². The SMILES string of the molecule is CN(Cc1ccccc1NC(=O)Cc1cc(Cl)c2c(c1)OCCO2)C1CCCCC1. The van der Waals surface area contributed by atoms with Gasteiger partial charge in [0.1, 0.15) is 13.2 Å². The lowest BCUT2D eigenvalue weighted by Crippen LogP contribution is -2.33. The molecule has 1 amide bonds. The number of amides is 1. The molecular formula is C24H29ClN2O3.